The molecular formula is C21H24Cl2FN3O. The number of nitrogens with zero attached hydrogens (tertiary/aromatic N) is 2. The molecule has 1 saturated heterocycles. The largest absolute Gasteiger partial charge is 0.323 e. The molecule has 0 unspecified atom stereocenters. The molecule has 3 rings (SSSR count). The van der Waals surface area contributed by atoms with Crippen LogP contribution in [0.15, 0.2) is 36.4 Å². The van der Waals surface area contributed by atoms with Crippen LogP contribution in [-0.4, -0.2) is 42.5 Å². The third-order valence-corrected chi connectivity index (χ3v) is 5.68. The van der Waals surface area contributed by atoms with Gasteiger partial charge in [-0.3, -0.25) is 0 Å². The Hall–Kier alpha value is -1.82. The summed E-state index contributed by atoms with van der Waals surface area (Å²) >= 11 is 12.3. The fourth-order valence-electron chi connectivity index (χ4n) is 3.65. The number of urea groups is 1. The molecule has 1 aliphatic rings. The van der Waals surface area contributed by atoms with Crippen LogP contribution in [0.1, 0.15) is 29.2 Å². The fraction of sp³-hybridized carbons (Fsp3) is 0.381. The second-order valence-electron chi connectivity index (χ2n) is 7.12. The molecule has 1 N–H and O–H groups in total. The molecule has 2 aromatic rings. The number of carbonyl (C=O) groups is 1. The number of hydrogen-bond donors (Lipinski definition) is 1. The molecule has 0 bridgehead atoms. The van der Waals surface area contributed by atoms with Crippen molar-refractivity contribution in [2.75, 3.05) is 26.7 Å². The zero-order valence-electron chi connectivity index (χ0n) is 16.0. The Bertz CT molecular complexity index is 862. The van der Waals surface area contributed by atoms with Crippen molar-refractivity contribution >= 4 is 29.2 Å². The van der Waals surface area contributed by atoms with Gasteiger partial charge < -0.3 is 15.1 Å². The lowest BCUT2D eigenvalue weighted by Crippen LogP contribution is -2.44. The Morgan fingerprint density at radius 2 is 2.04 bits per heavy atom. The van der Waals surface area contributed by atoms with Gasteiger partial charge in [0.05, 0.1) is 6.04 Å². The van der Waals surface area contributed by atoms with E-state index in [4.69, 9.17) is 23.2 Å². The zero-order chi connectivity index (χ0) is 20.3. The lowest BCUT2D eigenvalue weighted by atomic mass is 9.97. The Morgan fingerprint density at radius 3 is 2.79 bits per heavy atom. The third-order valence-electron chi connectivity index (χ3n) is 5.08. The van der Waals surface area contributed by atoms with Crippen LogP contribution in [0.3, 0.4) is 0 Å². The van der Waals surface area contributed by atoms with Gasteiger partial charge in [0.25, 0.3) is 0 Å². The number of nitrogens with one attached hydrogen (secondary N) is 1. The second kappa shape index (κ2) is 9.12. The van der Waals surface area contributed by atoms with E-state index in [0.29, 0.717) is 29.7 Å². The average Bonchev–Trinajstić information content (AvgIpc) is 2.90. The van der Waals surface area contributed by atoms with E-state index in [2.05, 4.69) is 5.32 Å². The van der Waals surface area contributed by atoms with Crippen molar-refractivity contribution < 1.29 is 9.18 Å². The van der Waals surface area contributed by atoms with Gasteiger partial charge >= 0.3 is 6.03 Å². The Morgan fingerprint density at radius 1 is 1.25 bits per heavy atom. The van der Waals surface area contributed by atoms with Crippen LogP contribution in [0.25, 0.3) is 0 Å². The summed E-state index contributed by atoms with van der Waals surface area (Å²) in [5, 5.41) is 4.50. The van der Waals surface area contributed by atoms with Crippen LogP contribution in [0.4, 0.5) is 9.18 Å². The molecular weight excluding hydrogens is 400 g/mol. The average molecular weight is 424 g/mol. The van der Waals surface area contributed by atoms with E-state index in [1.165, 1.54) is 12.1 Å². The topological polar surface area (TPSA) is 35.6 Å². The Kier molecular flexibility index (Phi) is 6.81. The zero-order valence-corrected chi connectivity index (χ0v) is 17.5. The fourth-order valence-corrected chi connectivity index (χ4v) is 4.02. The van der Waals surface area contributed by atoms with Crippen molar-refractivity contribution in [2.24, 2.45) is 0 Å². The summed E-state index contributed by atoms with van der Waals surface area (Å²) in [5.41, 5.74) is 2.63. The highest BCUT2D eigenvalue weighted by Gasteiger charge is 2.30. The number of benzene rings is 2. The first kappa shape index (κ1) is 20.9. The van der Waals surface area contributed by atoms with E-state index in [9.17, 15) is 9.18 Å². The van der Waals surface area contributed by atoms with Gasteiger partial charge in [-0.05, 0) is 66.9 Å². The van der Waals surface area contributed by atoms with Crippen LogP contribution < -0.4 is 5.32 Å². The molecule has 2 aromatic carbocycles. The summed E-state index contributed by atoms with van der Waals surface area (Å²) in [6.07, 6.45) is 0.768. The van der Waals surface area contributed by atoms with Gasteiger partial charge in [-0.25, -0.2) is 9.18 Å². The maximum atomic E-state index is 13.6. The molecule has 1 aliphatic heterocycles. The molecule has 0 aliphatic carbocycles. The number of amides is 2. The predicted octanol–water partition coefficient (Wildman–Crippen LogP) is 5.03. The van der Waals surface area contributed by atoms with Gasteiger partial charge in [0.2, 0.25) is 0 Å². The Balaban J connectivity index is 1.84. The van der Waals surface area contributed by atoms with Gasteiger partial charge in [0.1, 0.15) is 5.82 Å². The first-order chi connectivity index (χ1) is 13.4. The van der Waals surface area contributed by atoms with Gasteiger partial charge in [-0.15, -0.1) is 0 Å². The summed E-state index contributed by atoms with van der Waals surface area (Å²) in [6, 6.07) is 9.80. The van der Waals surface area contributed by atoms with Crippen LogP contribution in [0.2, 0.25) is 10.0 Å². The summed E-state index contributed by atoms with van der Waals surface area (Å²) < 4.78 is 13.6. The molecule has 1 fully saturated rings. The maximum absolute atomic E-state index is 13.6. The molecule has 2 amide bonds. The summed E-state index contributed by atoms with van der Waals surface area (Å²) in [7, 11) is 1.76. The minimum atomic E-state index is -0.265. The smallest absolute Gasteiger partial charge is 0.320 e. The van der Waals surface area contributed by atoms with E-state index in [0.717, 1.165) is 29.7 Å². The van der Waals surface area contributed by atoms with Crippen molar-refractivity contribution in [3.63, 3.8) is 0 Å². The standard InChI is InChI=1S/C21H24Cl2FN3O/c1-14-11-17(24)4-5-18(14)20-7-8-25-9-10-27(20)21(28)26(2)13-15-12-16(22)3-6-19(15)23/h3-6,11-12,20,25H,7-10,13H2,1-2H3/t20-/m1/s1. The minimum Gasteiger partial charge on any atom is -0.323 e. The van der Waals surface area contributed by atoms with Gasteiger partial charge in [-0.2, -0.15) is 0 Å². The number of carbonyl (C=O) groups excluding carboxylic acids is 1. The molecule has 0 radical (unpaired) electrons. The molecule has 28 heavy (non-hydrogen) atoms. The molecule has 0 spiro atoms. The van der Waals surface area contributed by atoms with Gasteiger partial charge in [0.15, 0.2) is 0 Å². The van der Waals surface area contributed by atoms with Crippen molar-refractivity contribution in [1.82, 2.24) is 15.1 Å². The SMILES string of the molecule is Cc1cc(F)ccc1[C@H]1CCNCCN1C(=O)N(C)Cc1cc(Cl)ccc1Cl. The highest BCUT2D eigenvalue weighted by Crippen LogP contribution is 2.30. The van der Waals surface area contributed by atoms with E-state index in [-0.39, 0.29) is 17.9 Å². The lowest BCUT2D eigenvalue weighted by Gasteiger charge is -2.34. The molecule has 7 heteroatoms. The minimum absolute atomic E-state index is 0.0894. The summed E-state index contributed by atoms with van der Waals surface area (Å²) in [4.78, 5) is 16.8. The van der Waals surface area contributed by atoms with E-state index < -0.39 is 0 Å². The molecule has 1 atom stereocenters. The third kappa shape index (κ3) is 4.77. The van der Waals surface area contributed by atoms with Crippen LogP contribution in [-0.2, 0) is 6.54 Å². The van der Waals surface area contributed by atoms with Crippen LogP contribution in [0, 0.1) is 12.7 Å². The number of rotatable bonds is 3. The molecule has 1 heterocycles. The number of hydrogen-bond acceptors (Lipinski definition) is 2. The van der Waals surface area contributed by atoms with Crippen LogP contribution in [0.5, 0.6) is 0 Å². The number of aryl methyl sites for hydroxylation is 1. The van der Waals surface area contributed by atoms with E-state index in [1.54, 1.807) is 36.2 Å². The first-order valence-electron chi connectivity index (χ1n) is 9.29. The second-order valence-corrected chi connectivity index (χ2v) is 7.97. The van der Waals surface area contributed by atoms with E-state index in [1.807, 2.05) is 11.8 Å². The normalized spacial score (nSPS) is 17.3. The predicted molar refractivity (Wildman–Crippen MR) is 111 cm³/mol. The highest BCUT2D eigenvalue weighted by molar-refractivity contribution is 6.33. The Labute approximate surface area is 175 Å². The monoisotopic (exact) mass is 423 g/mol. The molecule has 0 saturated carbocycles. The lowest BCUT2D eigenvalue weighted by molar-refractivity contribution is 0.142. The first-order valence-corrected chi connectivity index (χ1v) is 10.0. The van der Waals surface area contributed by atoms with Crippen molar-refractivity contribution in [1.29, 1.82) is 0 Å². The van der Waals surface area contributed by atoms with Crippen molar-refractivity contribution in [3.05, 3.63) is 69.0 Å². The molecule has 150 valence electrons. The van der Waals surface area contributed by atoms with Crippen molar-refractivity contribution in [3.8, 4) is 0 Å². The highest BCUT2D eigenvalue weighted by atomic mass is 35.5. The van der Waals surface area contributed by atoms with Gasteiger partial charge in [-0.1, -0.05) is 29.3 Å². The van der Waals surface area contributed by atoms with Crippen molar-refractivity contribution in [2.45, 2.75) is 25.9 Å². The summed E-state index contributed by atoms with van der Waals surface area (Å²) in [5.74, 6) is -0.265. The van der Waals surface area contributed by atoms with Gasteiger partial charge in [0, 0.05) is 36.7 Å². The van der Waals surface area contributed by atoms with Crippen LogP contribution >= 0.6 is 23.2 Å². The van der Waals surface area contributed by atoms with E-state index >= 15 is 0 Å². The quantitative estimate of drug-likeness (QED) is 0.751. The maximum Gasteiger partial charge on any atom is 0.320 e. The molecule has 0 aromatic heterocycles. The molecule has 4 nitrogen and oxygen atoms in total. The number of halogens is 3. The summed E-state index contributed by atoms with van der Waals surface area (Å²) in [6.45, 7) is 4.34.